The highest BCUT2D eigenvalue weighted by molar-refractivity contribution is 7.10. The second-order valence-corrected chi connectivity index (χ2v) is 2.30. The Morgan fingerprint density at radius 1 is 1.75 bits per heavy atom. The van der Waals surface area contributed by atoms with Crippen LogP contribution in [0.4, 0.5) is 0 Å². The molecule has 2 heteroatoms. The van der Waals surface area contributed by atoms with E-state index in [4.69, 9.17) is 0 Å². The number of hydrogen-bond donors (Lipinski definition) is 0. The van der Waals surface area contributed by atoms with Crippen molar-refractivity contribution in [3.05, 3.63) is 22.7 Å². The van der Waals surface area contributed by atoms with Crippen molar-refractivity contribution in [2.45, 2.75) is 6.92 Å². The topological polar surface area (TPSA) is 12.9 Å². The van der Waals surface area contributed by atoms with Crippen molar-refractivity contribution in [3.63, 3.8) is 0 Å². The van der Waals surface area contributed by atoms with Gasteiger partial charge in [-0.05, 0) is 13.0 Å². The van der Waals surface area contributed by atoms with E-state index in [2.05, 4.69) is 4.98 Å². The van der Waals surface area contributed by atoms with Crippen molar-refractivity contribution in [3.8, 4) is 0 Å². The average molecular weight is 125 g/mol. The fourth-order valence-electron chi connectivity index (χ4n) is 0.459. The summed E-state index contributed by atoms with van der Waals surface area (Å²) < 4.78 is 0. The van der Waals surface area contributed by atoms with Gasteiger partial charge in [-0.2, -0.15) is 0 Å². The number of thiazole rings is 1. The van der Waals surface area contributed by atoms with E-state index in [1.807, 2.05) is 24.5 Å². The third-order valence-corrected chi connectivity index (χ3v) is 1.50. The normalized spacial score (nSPS) is 10.6. The standard InChI is InChI=1S/C6H7NS/c1-2-3-6-7-4-5-8-6/h2-5H,1H3/b3-2-. The summed E-state index contributed by atoms with van der Waals surface area (Å²) >= 11 is 1.65. The van der Waals surface area contributed by atoms with Crippen molar-refractivity contribution in [1.82, 2.24) is 4.98 Å². The van der Waals surface area contributed by atoms with Crippen LogP contribution in [0.1, 0.15) is 11.9 Å². The zero-order chi connectivity index (χ0) is 5.82. The van der Waals surface area contributed by atoms with Gasteiger partial charge >= 0.3 is 0 Å². The first-order valence-electron chi connectivity index (χ1n) is 2.45. The van der Waals surface area contributed by atoms with Crippen LogP contribution < -0.4 is 0 Å². The molecule has 1 rings (SSSR count). The first kappa shape index (κ1) is 5.51. The molecule has 0 N–H and O–H groups in total. The molecule has 0 aromatic carbocycles. The first-order valence-corrected chi connectivity index (χ1v) is 3.33. The molecular weight excluding hydrogens is 118 g/mol. The van der Waals surface area contributed by atoms with Gasteiger partial charge in [0.25, 0.3) is 0 Å². The molecule has 0 spiro atoms. The van der Waals surface area contributed by atoms with Crippen molar-refractivity contribution in [1.29, 1.82) is 0 Å². The van der Waals surface area contributed by atoms with Crippen LogP contribution in [-0.2, 0) is 0 Å². The molecule has 0 aliphatic carbocycles. The quantitative estimate of drug-likeness (QED) is 0.560. The first-order chi connectivity index (χ1) is 3.93. The Hall–Kier alpha value is -0.630. The van der Waals surface area contributed by atoms with Gasteiger partial charge in [-0.15, -0.1) is 11.3 Å². The van der Waals surface area contributed by atoms with Crippen molar-refractivity contribution in [2.24, 2.45) is 0 Å². The highest BCUT2D eigenvalue weighted by atomic mass is 32.1. The molecule has 1 nitrogen and oxygen atoms in total. The minimum Gasteiger partial charge on any atom is -0.245 e. The summed E-state index contributed by atoms with van der Waals surface area (Å²) in [7, 11) is 0. The summed E-state index contributed by atoms with van der Waals surface area (Å²) in [5.41, 5.74) is 0. The van der Waals surface area contributed by atoms with E-state index in [1.165, 1.54) is 0 Å². The van der Waals surface area contributed by atoms with Crippen molar-refractivity contribution < 1.29 is 0 Å². The molecule has 0 saturated carbocycles. The van der Waals surface area contributed by atoms with Crippen LogP contribution >= 0.6 is 11.3 Å². The van der Waals surface area contributed by atoms with Gasteiger partial charge < -0.3 is 0 Å². The molecular formula is C6H7NS. The molecule has 0 atom stereocenters. The maximum absolute atomic E-state index is 4.04. The third-order valence-electron chi connectivity index (χ3n) is 0.761. The van der Waals surface area contributed by atoms with E-state index < -0.39 is 0 Å². The molecule has 1 aromatic rings. The van der Waals surface area contributed by atoms with E-state index in [9.17, 15) is 0 Å². The van der Waals surface area contributed by atoms with Gasteiger partial charge in [-0.1, -0.05) is 6.08 Å². The van der Waals surface area contributed by atoms with Gasteiger partial charge in [0.1, 0.15) is 5.01 Å². The van der Waals surface area contributed by atoms with Crippen LogP contribution in [0, 0.1) is 0 Å². The SMILES string of the molecule is C/C=C\c1nccs1. The molecule has 42 valence electrons. The van der Waals surface area contributed by atoms with Crippen LogP contribution in [0.15, 0.2) is 17.7 Å². The van der Waals surface area contributed by atoms with Crippen LogP contribution in [0.2, 0.25) is 0 Å². The highest BCUT2D eigenvalue weighted by Crippen LogP contribution is 2.04. The Morgan fingerprint density at radius 2 is 2.62 bits per heavy atom. The third kappa shape index (κ3) is 1.17. The van der Waals surface area contributed by atoms with Gasteiger partial charge in [-0.25, -0.2) is 4.98 Å². The summed E-state index contributed by atoms with van der Waals surface area (Å²) in [6.45, 7) is 1.99. The number of allylic oxidation sites excluding steroid dienone is 1. The van der Waals surface area contributed by atoms with Crippen LogP contribution in [0.25, 0.3) is 6.08 Å². The summed E-state index contributed by atoms with van der Waals surface area (Å²) in [4.78, 5) is 4.04. The lowest BCUT2D eigenvalue weighted by molar-refractivity contribution is 1.39. The van der Waals surface area contributed by atoms with Gasteiger partial charge in [0, 0.05) is 11.6 Å². The highest BCUT2D eigenvalue weighted by Gasteiger charge is 1.82. The average Bonchev–Trinajstić information content (AvgIpc) is 2.19. The Kier molecular flexibility index (Phi) is 1.80. The molecule has 0 unspecified atom stereocenters. The molecule has 1 heterocycles. The molecule has 0 aliphatic rings. The largest absolute Gasteiger partial charge is 0.245 e. The molecule has 0 radical (unpaired) electrons. The second-order valence-electron chi connectivity index (χ2n) is 1.37. The molecule has 0 amide bonds. The van der Waals surface area contributed by atoms with E-state index in [0.29, 0.717) is 0 Å². The Bertz CT molecular complexity index is 165. The zero-order valence-corrected chi connectivity index (χ0v) is 5.48. The van der Waals surface area contributed by atoms with Crippen LogP contribution in [0.5, 0.6) is 0 Å². The smallest absolute Gasteiger partial charge is 0.115 e. The molecule has 1 aromatic heterocycles. The van der Waals surface area contributed by atoms with Crippen molar-refractivity contribution in [2.75, 3.05) is 0 Å². The number of nitrogens with zero attached hydrogens (tertiary/aromatic N) is 1. The van der Waals surface area contributed by atoms with Crippen LogP contribution in [0.3, 0.4) is 0 Å². The van der Waals surface area contributed by atoms with E-state index in [1.54, 1.807) is 17.5 Å². The Labute approximate surface area is 52.7 Å². The predicted molar refractivity (Wildman–Crippen MR) is 36.8 cm³/mol. The monoisotopic (exact) mass is 125 g/mol. The number of rotatable bonds is 1. The minimum atomic E-state index is 1.08. The maximum Gasteiger partial charge on any atom is 0.115 e. The summed E-state index contributed by atoms with van der Waals surface area (Å²) in [5, 5.41) is 3.04. The molecule has 0 bridgehead atoms. The number of aromatic nitrogens is 1. The fourth-order valence-corrected chi connectivity index (χ4v) is 1.06. The Balaban J connectivity index is 2.77. The lowest BCUT2D eigenvalue weighted by atomic mass is 10.5. The zero-order valence-electron chi connectivity index (χ0n) is 4.66. The summed E-state index contributed by atoms with van der Waals surface area (Å²) in [6.07, 6.45) is 5.78. The fraction of sp³-hybridized carbons (Fsp3) is 0.167. The van der Waals surface area contributed by atoms with Gasteiger partial charge in [-0.3, -0.25) is 0 Å². The van der Waals surface area contributed by atoms with Gasteiger partial charge in [0.2, 0.25) is 0 Å². The van der Waals surface area contributed by atoms with E-state index in [0.717, 1.165) is 5.01 Å². The van der Waals surface area contributed by atoms with E-state index >= 15 is 0 Å². The molecule has 0 fully saturated rings. The van der Waals surface area contributed by atoms with Crippen LogP contribution in [-0.4, -0.2) is 4.98 Å². The Morgan fingerprint density at radius 3 is 3.12 bits per heavy atom. The number of hydrogen-bond acceptors (Lipinski definition) is 2. The summed E-state index contributed by atoms with van der Waals surface area (Å²) in [6, 6.07) is 0. The van der Waals surface area contributed by atoms with Gasteiger partial charge in [0.15, 0.2) is 0 Å². The minimum absolute atomic E-state index is 1.08. The summed E-state index contributed by atoms with van der Waals surface area (Å²) in [5.74, 6) is 0. The molecule has 0 saturated heterocycles. The van der Waals surface area contributed by atoms with Crippen molar-refractivity contribution >= 4 is 17.4 Å². The maximum atomic E-state index is 4.04. The lowest BCUT2D eigenvalue weighted by Crippen LogP contribution is -1.60. The predicted octanol–water partition coefficient (Wildman–Crippen LogP) is 2.18. The second kappa shape index (κ2) is 2.62. The molecule has 0 aliphatic heterocycles. The molecule has 8 heavy (non-hydrogen) atoms. The lowest BCUT2D eigenvalue weighted by Gasteiger charge is -1.73. The van der Waals surface area contributed by atoms with Gasteiger partial charge in [0.05, 0.1) is 0 Å². The van der Waals surface area contributed by atoms with E-state index in [-0.39, 0.29) is 0 Å².